The van der Waals surface area contributed by atoms with Crippen LogP contribution in [-0.4, -0.2) is 24.9 Å². The van der Waals surface area contributed by atoms with Crippen molar-refractivity contribution >= 4 is 52.8 Å². The molecule has 1 heterocycles. The van der Waals surface area contributed by atoms with Gasteiger partial charge in [-0.05, 0) is 30.4 Å². The minimum absolute atomic E-state index is 0.168. The van der Waals surface area contributed by atoms with Crippen LogP contribution >= 0.6 is 23.2 Å². The average molecular weight is 374 g/mol. The summed E-state index contributed by atoms with van der Waals surface area (Å²) in [5.74, 6) is 0.386. The molecule has 25 heavy (non-hydrogen) atoms. The number of nitrogens with zero attached hydrogens (tertiary/aromatic N) is 2. The Labute approximate surface area is 154 Å². The maximum atomic E-state index is 12.0. The van der Waals surface area contributed by atoms with Crippen molar-refractivity contribution in [3.05, 3.63) is 63.6 Å². The number of anilines is 1. The molecule has 0 fully saturated rings. The molecule has 0 unspecified atom stereocenters. The van der Waals surface area contributed by atoms with Crippen molar-refractivity contribution in [1.82, 2.24) is 0 Å². The average Bonchev–Trinajstić information content (AvgIpc) is 2.91. The number of ether oxygens (including phenoxy) is 1. The van der Waals surface area contributed by atoms with Gasteiger partial charge in [0.05, 0.1) is 17.8 Å². The third-order valence-electron chi connectivity index (χ3n) is 3.49. The predicted molar refractivity (Wildman–Crippen MR) is 102 cm³/mol. The Bertz CT molecular complexity index is 921. The second-order valence-electron chi connectivity index (χ2n) is 5.08. The van der Waals surface area contributed by atoms with Crippen molar-refractivity contribution < 1.29 is 9.53 Å². The van der Waals surface area contributed by atoms with Crippen LogP contribution in [-0.2, 0) is 4.79 Å². The molecule has 0 atom stereocenters. The number of rotatable bonds is 4. The number of halogens is 2. The molecule has 0 bridgehead atoms. The van der Waals surface area contributed by atoms with Gasteiger partial charge in [-0.1, -0.05) is 41.4 Å². The molecule has 0 radical (unpaired) electrons. The summed E-state index contributed by atoms with van der Waals surface area (Å²) in [4.78, 5) is 12.0. The van der Waals surface area contributed by atoms with Crippen molar-refractivity contribution in [2.75, 3.05) is 12.4 Å². The van der Waals surface area contributed by atoms with Crippen molar-refractivity contribution in [2.24, 2.45) is 10.2 Å². The van der Waals surface area contributed by atoms with Gasteiger partial charge in [0.2, 0.25) is 0 Å². The van der Waals surface area contributed by atoms with Crippen LogP contribution in [0.1, 0.15) is 11.1 Å². The molecule has 5 nitrogen and oxygen atoms in total. The summed E-state index contributed by atoms with van der Waals surface area (Å²) in [5.41, 5.74) is 2.11. The first-order valence-corrected chi connectivity index (χ1v) is 8.07. The van der Waals surface area contributed by atoms with E-state index in [1.807, 2.05) is 30.3 Å². The maximum Gasteiger partial charge on any atom is 0.276 e. The number of carbonyl (C=O) groups excluding carboxylic acids is 1. The molecule has 1 aliphatic rings. The number of amides is 1. The van der Waals surface area contributed by atoms with Crippen LogP contribution in [0.4, 0.5) is 5.69 Å². The lowest BCUT2D eigenvalue weighted by Crippen LogP contribution is -2.13. The minimum Gasteiger partial charge on any atom is -0.496 e. The van der Waals surface area contributed by atoms with Crippen LogP contribution in [0.5, 0.6) is 5.75 Å². The normalized spacial score (nSPS) is 15.2. The van der Waals surface area contributed by atoms with E-state index in [1.54, 1.807) is 25.3 Å². The molecular weight excluding hydrogens is 361 g/mol. The summed E-state index contributed by atoms with van der Waals surface area (Å²) < 4.78 is 5.26. The molecule has 126 valence electrons. The first-order chi connectivity index (χ1) is 12.1. The summed E-state index contributed by atoms with van der Waals surface area (Å²) in [7, 11) is 1.61. The summed E-state index contributed by atoms with van der Waals surface area (Å²) in [6, 6.07) is 10.8. The van der Waals surface area contributed by atoms with Gasteiger partial charge in [0.1, 0.15) is 5.75 Å². The lowest BCUT2D eigenvalue weighted by Gasteiger charge is -2.02. The van der Waals surface area contributed by atoms with Crippen molar-refractivity contribution in [1.29, 1.82) is 0 Å². The van der Waals surface area contributed by atoms with Crippen LogP contribution in [0.25, 0.3) is 6.08 Å². The van der Waals surface area contributed by atoms with E-state index in [4.69, 9.17) is 27.9 Å². The molecule has 7 heteroatoms. The predicted octanol–water partition coefficient (Wildman–Crippen LogP) is 4.44. The Hall–Kier alpha value is -2.63. The lowest BCUT2D eigenvalue weighted by molar-refractivity contribution is -0.110. The number of fused-ring (bicyclic) bond motifs is 1. The summed E-state index contributed by atoms with van der Waals surface area (Å²) in [6.45, 7) is 0. The molecule has 1 N–H and O–H groups in total. The van der Waals surface area contributed by atoms with E-state index in [-0.39, 0.29) is 11.6 Å². The first-order valence-electron chi connectivity index (χ1n) is 7.31. The Morgan fingerprint density at radius 3 is 2.80 bits per heavy atom. The van der Waals surface area contributed by atoms with E-state index in [2.05, 4.69) is 15.5 Å². The Kier molecular flexibility index (Phi) is 5.16. The molecule has 0 saturated heterocycles. The second kappa shape index (κ2) is 7.51. The van der Waals surface area contributed by atoms with Crippen molar-refractivity contribution in [3.63, 3.8) is 0 Å². The molecule has 0 saturated carbocycles. The van der Waals surface area contributed by atoms with Gasteiger partial charge in [-0.15, -0.1) is 5.10 Å². The summed E-state index contributed by atoms with van der Waals surface area (Å²) in [5, 5.41) is 11.3. The minimum atomic E-state index is -0.370. The number of hydrogen-bond acceptors (Lipinski definition) is 4. The molecule has 1 aliphatic heterocycles. The molecule has 2 aromatic rings. The SMILES string of the molecule is COc1ccccc1C=CC=N/N=C1\C(=O)Nc2c(Cl)cc(Cl)cc21. The van der Waals surface area contributed by atoms with E-state index >= 15 is 0 Å². The van der Waals surface area contributed by atoms with E-state index in [9.17, 15) is 4.79 Å². The third-order valence-corrected chi connectivity index (χ3v) is 4.01. The molecule has 0 aliphatic carbocycles. The highest BCUT2D eigenvalue weighted by Crippen LogP contribution is 2.34. The monoisotopic (exact) mass is 373 g/mol. The quantitative estimate of drug-likeness (QED) is 0.635. The topological polar surface area (TPSA) is 63.1 Å². The number of para-hydroxylation sites is 1. The number of carbonyl (C=O) groups is 1. The number of benzene rings is 2. The third kappa shape index (κ3) is 3.73. The molecule has 1 amide bonds. The Morgan fingerprint density at radius 2 is 2.00 bits per heavy atom. The number of hydrogen-bond donors (Lipinski definition) is 1. The number of nitrogens with one attached hydrogen (secondary N) is 1. The van der Waals surface area contributed by atoms with Crippen LogP contribution in [0, 0.1) is 0 Å². The Morgan fingerprint density at radius 1 is 1.20 bits per heavy atom. The van der Waals surface area contributed by atoms with Gasteiger partial charge in [0, 0.05) is 22.4 Å². The van der Waals surface area contributed by atoms with Crippen LogP contribution in [0.3, 0.4) is 0 Å². The molecular formula is C18H13Cl2N3O2. The van der Waals surface area contributed by atoms with Crippen molar-refractivity contribution in [3.8, 4) is 5.75 Å². The van der Waals surface area contributed by atoms with Gasteiger partial charge in [-0.2, -0.15) is 5.10 Å². The maximum absolute atomic E-state index is 12.0. The van der Waals surface area contributed by atoms with E-state index < -0.39 is 0 Å². The zero-order valence-electron chi connectivity index (χ0n) is 13.2. The van der Waals surface area contributed by atoms with E-state index in [0.717, 1.165) is 11.3 Å². The van der Waals surface area contributed by atoms with Gasteiger partial charge in [-0.3, -0.25) is 4.79 Å². The highest BCUT2D eigenvalue weighted by atomic mass is 35.5. The zero-order chi connectivity index (χ0) is 17.8. The van der Waals surface area contributed by atoms with Crippen molar-refractivity contribution in [2.45, 2.75) is 0 Å². The fourth-order valence-corrected chi connectivity index (χ4v) is 2.90. The summed E-state index contributed by atoms with van der Waals surface area (Å²) in [6.07, 6.45) is 5.02. The standard InChI is InChI=1S/C18H13Cl2N3O2/c1-25-15-7-3-2-5-11(15)6-4-8-21-23-17-13-9-12(19)10-14(20)16(13)22-18(17)24/h2-10H,1H3,(H,22,23,24). The number of allylic oxidation sites excluding steroid dienone is 1. The van der Waals surface area contributed by atoms with Gasteiger partial charge >= 0.3 is 0 Å². The van der Waals surface area contributed by atoms with Crippen LogP contribution in [0.15, 0.2) is 52.7 Å². The van der Waals surface area contributed by atoms with E-state index in [1.165, 1.54) is 6.21 Å². The first kappa shape index (κ1) is 17.2. The van der Waals surface area contributed by atoms with Gasteiger partial charge in [-0.25, -0.2) is 0 Å². The molecule has 0 spiro atoms. The molecule has 0 aromatic heterocycles. The number of methoxy groups -OCH3 is 1. The van der Waals surface area contributed by atoms with Gasteiger partial charge < -0.3 is 10.1 Å². The van der Waals surface area contributed by atoms with Crippen LogP contribution in [0.2, 0.25) is 10.0 Å². The highest BCUT2D eigenvalue weighted by Gasteiger charge is 2.28. The smallest absolute Gasteiger partial charge is 0.276 e. The zero-order valence-corrected chi connectivity index (χ0v) is 14.7. The van der Waals surface area contributed by atoms with Gasteiger partial charge in [0.25, 0.3) is 5.91 Å². The fraction of sp³-hybridized carbons (Fsp3) is 0.0556. The highest BCUT2D eigenvalue weighted by molar-refractivity contribution is 6.56. The van der Waals surface area contributed by atoms with E-state index in [0.29, 0.717) is 21.3 Å². The molecule has 2 aromatic carbocycles. The van der Waals surface area contributed by atoms with Crippen LogP contribution < -0.4 is 10.1 Å². The molecule has 3 rings (SSSR count). The largest absolute Gasteiger partial charge is 0.496 e. The lowest BCUT2D eigenvalue weighted by atomic mass is 10.1. The summed E-state index contributed by atoms with van der Waals surface area (Å²) >= 11 is 12.1. The fourth-order valence-electron chi connectivity index (χ4n) is 2.36. The second-order valence-corrected chi connectivity index (χ2v) is 5.92. The Balaban J connectivity index is 1.80. The van der Waals surface area contributed by atoms with Gasteiger partial charge in [0.15, 0.2) is 5.71 Å².